The summed E-state index contributed by atoms with van der Waals surface area (Å²) in [6, 6.07) is 15.1. The molecule has 0 spiro atoms. The van der Waals surface area contributed by atoms with Crippen LogP contribution in [-0.2, 0) is 9.59 Å². The van der Waals surface area contributed by atoms with Gasteiger partial charge in [0.15, 0.2) is 0 Å². The lowest BCUT2D eigenvalue weighted by atomic mass is 9.81. The van der Waals surface area contributed by atoms with E-state index in [-0.39, 0.29) is 29.5 Å². The molecular weight excluding hydrogens is 319 g/mol. The van der Waals surface area contributed by atoms with Crippen LogP contribution in [0, 0.1) is 17.7 Å². The van der Waals surface area contributed by atoms with Crippen LogP contribution in [0.4, 0.5) is 15.8 Å². The zero-order valence-corrected chi connectivity index (χ0v) is 13.9. The minimum absolute atomic E-state index is 0.0172. The summed E-state index contributed by atoms with van der Waals surface area (Å²) >= 11 is 0. The van der Waals surface area contributed by atoms with Crippen LogP contribution in [0.15, 0.2) is 54.6 Å². The van der Waals surface area contributed by atoms with E-state index in [1.165, 1.54) is 12.1 Å². The predicted octanol–water partition coefficient (Wildman–Crippen LogP) is 4.21. The number of halogens is 1. The molecule has 2 N–H and O–H groups in total. The number of amides is 2. The fourth-order valence-corrected chi connectivity index (χ4v) is 3.16. The van der Waals surface area contributed by atoms with Gasteiger partial charge in [-0.3, -0.25) is 9.59 Å². The van der Waals surface area contributed by atoms with Gasteiger partial charge in [-0.1, -0.05) is 18.2 Å². The molecule has 0 radical (unpaired) electrons. The zero-order chi connectivity index (χ0) is 17.6. The Morgan fingerprint density at radius 3 is 1.64 bits per heavy atom. The van der Waals surface area contributed by atoms with Crippen molar-refractivity contribution >= 4 is 23.2 Å². The summed E-state index contributed by atoms with van der Waals surface area (Å²) in [5.41, 5.74) is 1.39. The lowest BCUT2D eigenvalue weighted by Crippen LogP contribution is -2.32. The Morgan fingerprint density at radius 1 is 0.720 bits per heavy atom. The first-order valence-electron chi connectivity index (χ1n) is 8.54. The Morgan fingerprint density at radius 2 is 1.16 bits per heavy atom. The lowest BCUT2D eigenvalue weighted by molar-refractivity contribution is -0.125. The molecule has 0 bridgehead atoms. The van der Waals surface area contributed by atoms with Gasteiger partial charge >= 0.3 is 0 Å². The van der Waals surface area contributed by atoms with Crippen LogP contribution in [-0.4, -0.2) is 11.8 Å². The molecule has 0 aliphatic heterocycles. The number of para-hydroxylation sites is 1. The summed E-state index contributed by atoms with van der Waals surface area (Å²) in [5, 5.41) is 5.74. The van der Waals surface area contributed by atoms with E-state index in [1.54, 1.807) is 12.1 Å². The van der Waals surface area contributed by atoms with Crippen LogP contribution in [0.3, 0.4) is 0 Å². The van der Waals surface area contributed by atoms with Crippen LogP contribution < -0.4 is 10.6 Å². The molecule has 0 saturated heterocycles. The second-order valence-corrected chi connectivity index (χ2v) is 6.40. The molecule has 0 atom stereocenters. The quantitative estimate of drug-likeness (QED) is 0.876. The monoisotopic (exact) mass is 340 g/mol. The van der Waals surface area contributed by atoms with Crippen molar-refractivity contribution in [2.24, 2.45) is 11.8 Å². The van der Waals surface area contributed by atoms with Crippen LogP contribution in [0.1, 0.15) is 25.7 Å². The average Bonchev–Trinajstić information content (AvgIpc) is 2.64. The number of anilines is 2. The van der Waals surface area contributed by atoms with Crippen molar-refractivity contribution in [2.75, 3.05) is 10.6 Å². The van der Waals surface area contributed by atoms with Gasteiger partial charge in [0.2, 0.25) is 11.8 Å². The highest BCUT2D eigenvalue weighted by Crippen LogP contribution is 2.30. The normalized spacial score (nSPS) is 19.9. The predicted molar refractivity (Wildman–Crippen MR) is 95.5 cm³/mol. The number of carbonyl (C=O) groups is 2. The molecule has 3 rings (SSSR count). The van der Waals surface area contributed by atoms with Crippen LogP contribution in [0.2, 0.25) is 0 Å². The molecule has 0 unspecified atom stereocenters. The van der Waals surface area contributed by atoms with Crippen molar-refractivity contribution in [1.29, 1.82) is 0 Å². The minimum atomic E-state index is -0.331. The topological polar surface area (TPSA) is 58.2 Å². The molecule has 130 valence electrons. The Hall–Kier alpha value is -2.69. The van der Waals surface area contributed by atoms with Gasteiger partial charge in [0, 0.05) is 23.2 Å². The van der Waals surface area contributed by atoms with Crippen LogP contribution in [0.25, 0.3) is 0 Å². The van der Waals surface area contributed by atoms with Crippen molar-refractivity contribution in [3.8, 4) is 0 Å². The second-order valence-electron chi connectivity index (χ2n) is 6.40. The molecule has 25 heavy (non-hydrogen) atoms. The molecular formula is C20H21FN2O2. The molecule has 1 fully saturated rings. The fourth-order valence-electron chi connectivity index (χ4n) is 3.16. The van der Waals surface area contributed by atoms with E-state index in [9.17, 15) is 14.0 Å². The number of carbonyl (C=O) groups excluding carboxylic acids is 2. The third-order valence-corrected chi connectivity index (χ3v) is 4.62. The molecule has 5 heteroatoms. The smallest absolute Gasteiger partial charge is 0.227 e. The van der Waals surface area contributed by atoms with E-state index in [0.717, 1.165) is 5.69 Å². The number of benzene rings is 2. The van der Waals surface area contributed by atoms with Crippen molar-refractivity contribution in [1.82, 2.24) is 0 Å². The van der Waals surface area contributed by atoms with Gasteiger partial charge in [0.25, 0.3) is 0 Å². The Labute approximate surface area is 146 Å². The summed E-state index contributed by atoms with van der Waals surface area (Å²) in [6.07, 6.45) is 2.75. The molecule has 0 heterocycles. The average molecular weight is 340 g/mol. The molecule has 2 aromatic rings. The Balaban J connectivity index is 1.48. The maximum Gasteiger partial charge on any atom is 0.227 e. The maximum atomic E-state index is 12.9. The fraction of sp³-hybridized carbons (Fsp3) is 0.300. The molecule has 2 amide bonds. The van der Waals surface area contributed by atoms with E-state index >= 15 is 0 Å². The number of hydrogen-bond acceptors (Lipinski definition) is 2. The van der Waals surface area contributed by atoms with E-state index in [4.69, 9.17) is 0 Å². The van der Waals surface area contributed by atoms with E-state index < -0.39 is 0 Å². The van der Waals surface area contributed by atoms with Crippen molar-refractivity contribution < 1.29 is 14.0 Å². The minimum Gasteiger partial charge on any atom is -0.326 e. The van der Waals surface area contributed by atoms with E-state index in [2.05, 4.69) is 10.6 Å². The first kappa shape index (κ1) is 17.1. The first-order chi connectivity index (χ1) is 12.1. The molecule has 2 aromatic carbocycles. The highest BCUT2D eigenvalue weighted by atomic mass is 19.1. The lowest BCUT2D eigenvalue weighted by Gasteiger charge is -2.27. The van der Waals surface area contributed by atoms with Gasteiger partial charge in [-0.25, -0.2) is 4.39 Å². The van der Waals surface area contributed by atoms with Crippen molar-refractivity contribution in [3.05, 3.63) is 60.4 Å². The van der Waals surface area contributed by atoms with E-state index in [0.29, 0.717) is 31.4 Å². The molecule has 0 aromatic heterocycles. The summed E-state index contributed by atoms with van der Waals surface area (Å²) in [6.45, 7) is 0. The second kappa shape index (κ2) is 7.92. The summed E-state index contributed by atoms with van der Waals surface area (Å²) in [7, 11) is 0. The van der Waals surface area contributed by atoms with E-state index in [1.807, 2.05) is 30.3 Å². The third kappa shape index (κ3) is 4.66. The van der Waals surface area contributed by atoms with Crippen molar-refractivity contribution in [3.63, 3.8) is 0 Å². The van der Waals surface area contributed by atoms with Gasteiger partial charge in [0.1, 0.15) is 5.82 Å². The number of rotatable bonds is 4. The Bertz CT molecular complexity index is 723. The van der Waals surface area contributed by atoms with Gasteiger partial charge < -0.3 is 10.6 Å². The summed E-state index contributed by atoms with van der Waals surface area (Å²) in [4.78, 5) is 24.6. The third-order valence-electron chi connectivity index (χ3n) is 4.62. The summed E-state index contributed by atoms with van der Waals surface area (Å²) < 4.78 is 12.9. The molecule has 1 saturated carbocycles. The highest BCUT2D eigenvalue weighted by Gasteiger charge is 2.30. The highest BCUT2D eigenvalue weighted by molar-refractivity contribution is 5.94. The molecule has 4 nitrogen and oxygen atoms in total. The van der Waals surface area contributed by atoms with Gasteiger partial charge in [-0.2, -0.15) is 0 Å². The first-order valence-corrected chi connectivity index (χ1v) is 8.54. The molecule has 1 aliphatic carbocycles. The Kier molecular flexibility index (Phi) is 5.43. The van der Waals surface area contributed by atoms with Crippen LogP contribution >= 0.6 is 0 Å². The largest absolute Gasteiger partial charge is 0.326 e. The van der Waals surface area contributed by atoms with Gasteiger partial charge in [-0.05, 0) is 62.1 Å². The van der Waals surface area contributed by atoms with Gasteiger partial charge in [-0.15, -0.1) is 0 Å². The number of nitrogens with one attached hydrogen (secondary N) is 2. The maximum absolute atomic E-state index is 12.9. The SMILES string of the molecule is O=C(Nc1ccccc1)C1CCC(C(=O)Nc2ccc(F)cc2)CC1. The van der Waals surface area contributed by atoms with Crippen molar-refractivity contribution in [2.45, 2.75) is 25.7 Å². The van der Waals surface area contributed by atoms with Crippen LogP contribution in [0.5, 0.6) is 0 Å². The zero-order valence-electron chi connectivity index (χ0n) is 13.9. The van der Waals surface area contributed by atoms with Gasteiger partial charge in [0.05, 0.1) is 0 Å². The molecule has 1 aliphatic rings. The standard InChI is InChI=1S/C20H21FN2O2/c21-16-10-12-18(13-11-16)23-20(25)15-8-6-14(7-9-15)19(24)22-17-4-2-1-3-5-17/h1-5,10-15H,6-9H2,(H,22,24)(H,23,25). The number of hydrogen-bond donors (Lipinski definition) is 2. The summed E-state index contributed by atoms with van der Waals surface area (Å²) in [5.74, 6) is -0.541.